The first kappa shape index (κ1) is 22.4. The Hall–Kier alpha value is -3.35. The van der Waals surface area contributed by atoms with E-state index in [2.05, 4.69) is 0 Å². The van der Waals surface area contributed by atoms with Gasteiger partial charge in [0.15, 0.2) is 23.0 Å². The average Bonchev–Trinajstić information content (AvgIpc) is 3.32. The molecule has 3 aromatic rings. The lowest BCUT2D eigenvalue weighted by molar-refractivity contribution is -0.277. The summed E-state index contributed by atoms with van der Waals surface area (Å²) in [5, 5.41) is 39.8. The summed E-state index contributed by atoms with van der Waals surface area (Å²) in [6, 6.07) is 7.93. The molecule has 0 aliphatic carbocycles. The van der Waals surface area contributed by atoms with Crippen LogP contribution in [0.1, 0.15) is 0 Å². The smallest absolute Gasteiger partial charge is 0.231 e. The lowest BCUT2D eigenvalue weighted by atomic mass is 9.99. The van der Waals surface area contributed by atoms with Crippen LogP contribution in [-0.2, 0) is 4.74 Å². The lowest BCUT2D eigenvalue weighted by Crippen LogP contribution is -2.60. The third-order valence-corrected chi connectivity index (χ3v) is 5.83. The second-order valence-electron chi connectivity index (χ2n) is 7.86. The van der Waals surface area contributed by atoms with E-state index in [9.17, 15) is 25.2 Å². The quantitative estimate of drug-likeness (QED) is 0.405. The number of hydrogen-bond donors (Lipinski definition) is 4. The average molecular weight is 474 g/mol. The first-order valence-electron chi connectivity index (χ1n) is 10.4. The van der Waals surface area contributed by atoms with Gasteiger partial charge in [-0.25, -0.2) is 0 Å². The van der Waals surface area contributed by atoms with Crippen LogP contribution < -0.4 is 24.4 Å². The van der Waals surface area contributed by atoms with E-state index in [1.165, 1.54) is 25.5 Å². The van der Waals surface area contributed by atoms with E-state index in [1.54, 1.807) is 18.2 Å². The van der Waals surface area contributed by atoms with Gasteiger partial charge in [-0.05, 0) is 23.8 Å². The van der Waals surface area contributed by atoms with E-state index in [0.29, 0.717) is 22.6 Å². The zero-order valence-corrected chi connectivity index (χ0v) is 17.9. The Balaban J connectivity index is 1.50. The first-order valence-corrected chi connectivity index (χ1v) is 10.4. The van der Waals surface area contributed by atoms with Gasteiger partial charge in [0, 0.05) is 6.07 Å². The summed E-state index contributed by atoms with van der Waals surface area (Å²) in [6.45, 7) is -0.489. The molecule has 180 valence electrons. The summed E-state index contributed by atoms with van der Waals surface area (Å²) in [5.74, 6) is 1.31. The van der Waals surface area contributed by atoms with Gasteiger partial charge >= 0.3 is 0 Å². The van der Waals surface area contributed by atoms with Crippen molar-refractivity contribution in [2.45, 2.75) is 30.7 Å². The van der Waals surface area contributed by atoms with Crippen LogP contribution in [0.4, 0.5) is 0 Å². The van der Waals surface area contributed by atoms with Crippen LogP contribution in [0.3, 0.4) is 0 Å². The second kappa shape index (κ2) is 8.78. The molecular weight excluding hydrogens is 452 g/mol. The molecule has 1 aromatic heterocycles. The van der Waals surface area contributed by atoms with Gasteiger partial charge in [0.05, 0.1) is 24.7 Å². The molecular formula is C23H22O11. The molecule has 34 heavy (non-hydrogen) atoms. The first-order chi connectivity index (χ1) is 16.4. The highest BCUT2D eigenvalue weighted by Crippen LogP contribution is 2.37. The molecule has 0 spiro atoms. The van der Waals surface area contributed by atoms with E-state index >= 15 is 0 Å². The van der Waals surface area contributed by atoms with Crippen LogP contribution in [-0.4, -0.2) is 71.6 Å². The number of aliphatic hydroxyl groups is 4. The Morgan fingerprint density at radius 2 is 1.79 bits per heavy atom. The molecule has 5 atom stereocenters. The summed E-state index contributed by atoms with van der Waals surface area (Å²) >= 11 is 0. The van der Waals surface area contributed by atoms with Crippen molar-refractivity contribution in [2.75, 3.05) is 20.5 Å². The molecule has 0 amide bonds. The fraction of sp³-hybridized carbons (Fsp3) is 0.348. The fourth-order valence-electron chi connectivity index (χ4n) is 3.94. The number of aliphatic hydroxyl groups excluding tert-OH is 4. The van der Waals surface area contributed by atoms with Crippen molar-refractivity contribution in [2.24, 2.45) is 0 Å². The number of benzene rings is 2. The Labute approximate surface area is 192 Å². The number of rotatable bonds is 5. The molecule has 3 heterocycles. The van der Waals surface area contributed by atoms with Gasteiger partial charge in [0.1, 0.15) is 36.3 Å². The highest BCUT2D eigenvalue weighted by molar-refractivity contribution is 5.85. The number of hydrogen-bond acceptors (Lipinski definition) is 11. The SMILES string of the molecule is COc1cc2c(=O)c(-c3ccc4c(c3)OCO4)coc2cc1O[C@@H]1O[C@H](CO)[C@@H](O)[C@H](O)[C@H]1O. The summed E-state index contributed by atoms with van der Waals surface area (Å²) in [6.07, 6.45) is -6.00. The third-order valence-electron chi connectivity index (χ3n) is 5.83. The normalized spacial score (nSPS) is 26.0. The molecule has 2 aliphatic rings. The topological polar surface area (TPSA) is 157 Å². The van der Waals surface area contributed by atoms with E-state index in [1.807, 2.05) is 0 Å². The molecule has 1 saturated heterocycles. The van der Waals surface area contributed by atoms with Crippen molar-refractivity contribution in [1.29, 1.82) is 0 Å². The Bertz CT molecular complexity index is 1270. The summed E-state index contributed by atoms with van der Waals surface area (Å²) < 4.78 is 32.8. The number of ether oxygens (including phenoxy) is 5. The number of methoxy groups -OCH3 is 1. The predicted octanol–water partition coefficient (Wildman–Crippen LogP) is 0.376. The highest BCUT2D eigenvalue weighted by atomic mass is 16.7. The third kappa shape index (κ3) is 3.73. The fourth-order valence-corrected chi connectivity index (χ4v) is 3.94. The van der Waals surface area contributed by atoms with Crippen molar-refractivity contribution < 1.29 is 48.5 Å². The van der Waals surface area contributed by atoms with Crippen LogP contribution in [0.5, 0.6) is 23.0 Å². The van der Waals surface area contributed by atoms with E-state index in [4.69, 9.17) is 28.1 Å². The molecule has 2 aliphatic heterocycles. The van der Waals surface area contributed by atoms with Gasteiger partial charge in [0.25, 0.3) is 0 Å². The van der Waals surface area contributed by atoms with Crippen LogP contribution in [0.2, 0.25) is 0 Å². The number of fused-ring (bicyclic) bond motifs is 2. The zero-order valence-electron chi connectivity index (χ0n) is 17.9. The standard InChI is InChI=1S/C23H22O11/c1-29-15-5-11-14(6-17(15)33-23-22(28)21(27)20(26)18(7-24)34-23)30-8-12(19(11)25)10-2-3-13-16(4-10)32-9-31-13/h2-6,8,18,20-24,26-28H,7,9H2,1H3/t18-,20-,21+,22-,23-/m1/s1. The van der Waals surface area contributed by atoms with Gasteiger partial charge in [-0.3, -0.25) is 4.79 Å². The molecule has 0 radical (unpaired) electrons. The van der Waals surface area contributed by atoms with Crippen LogP contribution in [0.15, 0.2) is 45.8 Å². The van der Waals surface area contributed by atoms with Crippen molar-refractivity contribution in [3.05, 3.63) is 46.8 Å². The minimum Gasteiger partial charge on any atom is -0.493 e. The molecule has 11 nitrogen and oxygen atoms in total. The molecule has 2 aromatic carbocycles. The maximum Gasteiger partial charge on any atom is 0.231 e. The molecule has 0 saturated carbocycles. The summed E-state index contributed by atoms with van der Waals surface area (Å²) in [7, 11) is 1.37. The maximum absolute atomic E-state index is 13.2. The largest absolute Gasteiger partial charge is 0.493 e. The highest BCUT2D eigenvalue weighted by Gasteiger charge is 2.45. The van der Waals surface area contributed by atoms with Crippen LogP contribution in [0.25, 0.3) is 22.1 Å². The van der Waals surface area contributed by atoms with Crippen LogP contribution >= 0.6 is 0 Å². The van der Waals surface area contributed by atoms with E-state index < -0.39 is 37.3 Å². The van der Waals surface area contributed by atoms with Crippen molar-refractivity contribution in [3.8, 4) is 34.1 Å². The summed E-state index contributed by atoms with van der Waals surface area (Å²) in [4.78, 5) is 13.2. The maximum atomic E-state index is 13.2. The van der Waals surface area contributed by atoms with Gasteiger partial charge in [-0.1, -0.05) is 6.07 Å². The summed E-state index contributed by atoms with van der Waals surface area (Å²) in [5.41, 5.74) is 0.739. The second-order valence-corrected chi connectivity index (χ2v) is 7.86. The molecule has 5 rings (SSSR count). The van der Waals surface area contributed by atoms with Gasteiger partial charge in [0.2, 0.25) is 18.5 Å². The van der Waals surface area contributed by atoms with Gasteiger partial charge < -0.3 is 48.5 Å². The van der Waals surface area contributed by atoms with Crippen LogP contribution in [0, 0.1) is 0 Å². The molecule has 11 heteroatoms. The lowest BCUT2D eigenvalue weighted by Gasteiger charge is -2.39. The minimum absolute atomic E-state index is 0.0540. The Morgan fingerprint density at radius 3 is 2.56 bits per heavy atom. The molecule has 4 N–H and O–H groups in total. The van der Waals surface area contributed by atoms with Gasteiger partial charge in [-0.2, -0.15) is 0 Å². The van der Waals surface area contributed by atoms with E-state index in [-0.39, 0.29) is 34.7 Å². The van der Waals surface area contributed by atoms with E-state index in [0.717, 1.165) is 0 Å². The van der Waals surface area contributed by atoms with Crippen molar-refractivity contribution >= 4 is 11.0 Å². The Morgan fingerprint density at radius 1 is 1.00 bits per heavy atom. The molecule has 0 bridgehead atoms. The molecule has 0 unspecified atom stereocenters. The monoisotopic (exact) mass is 474 g/mol. The predicted molar refractivity (Wildman–Crippen MR) is 115 cm³/mol. The minimum atomic E-state index is -1.61. The van der Waals surface area contributed by atoms with Gasteiger partial charge in [-0.15, -0.1) is 0 Å². The molecule has 1 fully saturated rings. The zero-order chi connectivity index (χ0) is 24.0. The Kier molecular flexibility index (Phi) is 5.80. The van der Waals surface area contributed by atoms with Crippen molar-refractivity contribution in [1.82, 2.24) is 0 Å². The van der Waals surface area contributed by atoms with Crippen molar-refractivity contribution in [3.63, 3.8) is 0 Å².